The maximum Gasteiger partial charge on any atom is 0.410 e. The second kappa shape index (κ2) is 8.70. The normalized spacial score (nSPS) is 20.8. The summed E-state index contributed by atoms with van der Waals surface area (Å²) in [5, 5.41) is 0.959. The van der Waals surface area contributed by atoms with Crippen LogP contribution in [0.4, 0.5) is 20.7 Å². The number of fused-ring (bicyclic) bond motifs is 1. The molecule has 2 atom stereocenters. The smallest absolute Gasteiger partial charge is 0.410 e. The lowest BCUT2D eigenvalue weighted by molar-refractivity contribution is 0.0130. The Morgan fingerprint density at radius 3 is 2.54 bits per heavy atom. The Labute approximate surface area is 205 Å². The van der Waals surface area contributed by atoms with E-state index in [9.17, 15) is 9.18 Å². The largest absolute Gasteiger partial charge is 0.444 e. The van der Waals surface area contributed by atoms with E-state index in [2.05, 4.69) is 21.7 Å². The van der Waals surface area contributed by atoms with Crippen molar-refractivity contribution in [2.75, 3.05) is 36.0 Å². The zero-order chi connectivity index (χ0) is 24.9. The van der Waals surface area contributed by atoms with Gasteiger partial charge < -0.3 is 19.4 Å². The number of halogens is 1. The number of nitrogens with zero attached hydrogens (tertiary/aromatic N) is 6. The summed E-state index contributed by atoms with van der Waals surface area (Å²) >= 11 is 0. The van der Waals surface area contributed by atoms with Crippen molar-refractivity contribution in [1.82, 2.24) is 19.4 Å². The van der Waals surface area contributed by atoms with Gasteiger partial charge in [-0.1, -0.05) is 6.07 Å². The highest BCUT2D eigenvalue weighted by molar-refractivity contribution is 6.01. The van der Waals surface area contributed by atoms with Crippen molar-refractivity contribution < 1.29 is 13.9 Å². The van der Waals surface area contributed by atoms with Crippen LogP contribution < -0.4 is 9.80 Å². The van der Waals surface area contributed by atoms with Crippen LogP contribution in [0.25, 0.3) is 16.7 Å². The zero-order valence-electron chi connectivity index (χ0n) is 21.0. The number of piperazine rings is 1. The standard InChI is InChI=1S/C26H33FN6O2/c1-17-14-32(25(34)35-26(3,4)5)18(2)13-31(17)23-22-21(30-10-7-11-30)15-33(24(22)29-16-28-23)20-9-6-8-19(27)12-20/h6,8-9,12,15-18H,7,10-11,13-14H2,1-5H3. The summed E-state index contributed by atoms with van der Waals surface area (Å²) in [4.78, 5) is 28.6. The lowest BCUT2D eigenvalue weighted by Crippen LogP contribution is -2.59. The topological polar surface area (TPSA) is 66.7 Å². The van der Waals surface area contributed by atoms with Crippen LogP contribution in [-0.2, 0) is 4.74 Å². The molecule has 2 aliphatic heterocycles. The molecule has 0 spiro atoms. The summed E-state index contributed by atoms with van der Waals surface area (Å²) in [7, 11) is 0. The van der Waals surface area contributed by atoms with Gasteiger partial charge in [0.05, 0.1) is 11.1 Å². The summed E-state index contributed by atoms with van der Waals surface area (Å²) in [6.07, 6.45) is 4.47. The van der Waals surface area contributed by atoms with Gasteiger partial charge in [0.25, 0.3) is 0 Å². The van der Waals surface area contributed by atoms with E-state index in [1.807, 2.05) is 44.5 Å². The van der Waals surface area contributed by atoms with Crippen molar-refractivity contribution in [3.05, 3.63) is 42.6 Å². The number of aromatic nitrogens is 3. The second-order valence-corrected chi connectivity index (χ2v) is 10.6. The van der Waals surface area contributed by atoms with E-state index in [1.165, 1.54) is 12.1 Å². The van der Waals surface area contributed by atoms with E-state index in [-0.39, 0.29) is 24.0 Å². The molecular formula is C26H33FN6O2. The molecule has 2 aliphatic rings. The molecule has 0 radical (unpaired) electrons. The first-order chi connectivity index (χ1) is 16.6. The first kappa shape index (κ1) is 23.4. The Morgan fingerprint density at radius 2 is 1.89 bits per heavy atom. The monoisotopic (exact) mass is 480 g/mol. The maximum atomic E-state index is 14.1. The van der Waals surface area contributed by atoms with Gasteiger partial charge in [-0.2, -0.15) is 0 Å². The number of carbonyl (C=O) groups excluding carboxylic acids is 1. The SMILES string of the molecule is CC1CN(c2ncnc3c2c(N2CCC2)cn3-c2cccc(F)c2)C(C)CN1C(=O)OC(C)(C)C. The molecule has 0 aliphatic carbocycles. The van der Waals surface area contributed by atoms with Crippen LogP contribution >= 0.6 is 0 Å². The molecule has 0 N–H and O–H groups in total. The zero-order valence-corrected chi connectivity index (χ0v) is 21.0. The molecule has 2 unspecified atom stereocenters. The highest BCUT2D eigenvalue weighted by Gasteiger charge is 2.36. The first-order valence-electron chi connectivity index (χ1n) is 12.3. The highest BCUT2D eigenvalue weighted by Crippen LogP contribution is 2.39. The Balaban J connectivity index is 1.54. The molecule has 8 nitrogen and oxygen atoms in total. The fourth-order valence-electron chi connectivity index (χ4n) is 4.86. The number of hydrogen-bond acceptors (Lipinski definition) is 6. The number of benzene rings is 1. The molecule has 2 saturated heterocycles. The average Bonchev–Trinajstić information content (AvgIpc) is 3.12. The van der Waals surface area contributed by atoms with E-state index >= 15 is 0 Å². The Morgan fingerprint density at radius 1 is 1.11 bits per heavy atom. The third kappa shape index (κ3) is 4.39. The predicted molar refractivity (Wildman–Crippen MR) is 135 cm³/mol. The van der Waals surface area contributed by atoms with Gasteiger partial charge in [-0.15, -0.1) is 0 Å². The number of ether oxygens (including phenoxy) is 1. The Bertz CT molecular complexity index is 1250. The van der Waals surface area contributed by atoms with Crippen molar-refractivity contribution in [2.24, 2.45) is 0 Å². The second-order valence-electron chi connectivity index (χ2n) is 10.6. The van der Waals surface area contributed by atoms with E-state index in [0.29, 0.717) is 13.1 Å². The van der Waals surface area contributed by atoms with Crippen LogP contribution in [0.1, 0.15) is 41.0 Å². The number of carbonyl (C=O) groups is 1. The van der Waals surface area contributed by atoms with Crippen LogP contribution in [-0.4, -0.2) is 69.4 Å². The average molecular weight is 481 g/mol. The molecule has 0 saturated carbocycles. The van der Waals surface area contributed by atoms with Crippen LogP contribution in [0.3, 0.4) is 0 Å². The van der Waals surface area contributed by atoms with E-state index in [1.54, 1.807) is 17.3 Å². The van der Waals surface area contributed by atoms with Crippen molar-refractivity contribution in [3.63, 3.8) is 0 Å². The summed E-state index contributed by atoms with van der Waals surface area (Å²) in [5.74, 6) is 0.556. The molecule has 186 valence electrons. The first-order valence-corrected chi connectivity index (χ1v) is 12.3. The van der Waals surface area contributed by atoms with Gasteiger partial charge in [0.2, 0.25) is 0 Å². The molecular weight excluding hydrogens is 447 g/mol. The van der Waals surface area contributed by atoms with Gasteiger partial charge in [0.1, 0.15) is 23.6 Å². The lowest BCUT2D eigenvalue weighted by atomic mass is 10.1. The number of amides is 1. The number of anilines is 2. The highest BCUT2D eigenvalue weighted by atomic mass is 19.1. The van der Waals surface area contributed by atoms with Gasteiger partial charge in [0, 0.05) is 50.1 Å². The molecule has 5 rings (SSSR count). The van der Waals surface area contributed by atoms with Crippen LogP contribution in [0, 0.1) is 5.82 Å². The summed E-state index contributed by atoms with van der Waals surface area (Å²) in [5.41, 5.74) is 1.99. The maximum absolute atomic E-state index is 14.1. The fraction of sp³-hybridized carbons (Fsp3) is 0.500. The summed E-state index contributed by atoms with van der Waals surface area (Å²) < 4.78 is 21.6. The van der Waals surface area contributed by atoms with Gasteiger partial charge in [-0.3, -0.25) is 4.57 Å². The molecule has 2 fully saturated rings. The molecule has 2 aromatic heterocycles. The quantitative estimate of drug-likeness (QED) is 0.546. The van der Waals surface area contributed by atoms with Gasteiger partial charge in [0.15, 0.2) is 5.65 Å². The molecule has 9 heteroatoms. The molecule has 4 heterocycles. The fourth-order valence-corrected chi connectivity index (χ4v) is 4.86. The molecule has 0 bridgehead atoms. The van der Waals surface area contributed by atoms with Crippen molar-refractivity contribution in [2.45, 2.75) is 58.7 Å². The van der Waals surface area contributed by atoms with Crippen LogP contribution in [0.15, 0.2) is 36.8 Å². The molecule has 3 aromatic rings. The van der Waals surface area contributed by atoms with E-state index in [4.69, 9.17) is 9.72 Å². The Hall–Kier alpha value is -3.36. The minimum atomic E-state index is -0.540. The molecule has 1 aromatic carbocycles. The van der Waals surface area contributed by atoms with Crippen molar-refractivity contribution >= 4 is 28.6 Å². The van der Waals surface area contributed by atoms with Gasteiger partial charge in [-0.05, 0) is 59.2 Å². The van der Waals surface area contributed by atoms with Gasteiger partial charge in [-0.25, -0.2) is 19.2 Å². The van der Waals surface area contributed by atoms with E-state index < -0.39 is 5.60 Å². The van der Waals surface area contributed by atoms with Crippen LogP contribution in [0.5, 0.6) is 0 Å². The minimum Gasteiger partial charge on any atom is -0.444 e. The van der Waals surface area contributed by atoms with Crippen molar-refractivity contribution in [3.8, 4) is 5.69 Å². The summed E-state index contributed by atoms with van der Waals surface area (Å²) in [6.45, 7) is 12.9. The van der Waals surface area contributed by atoms with Gasteiger partial charge >= 0.3 is 6.09 Å². The number of rotatable bonds is 3. The van der Waals surface area contributed by atoms with E-state index in [0.717, 1.165) is 47.7 Å². The molecule has 1 amide bonds. The molecule has 35 heavy (non-hydrogen) atoms. The number of hydrogen-bond donors (Lipinski definition) is 0. The van der Waals surface area contributed by atoms with Crippen LogP contribution in [0.2, 0.25) is 0 Å². The minimum absolute atomic E-state index is 0.0265. The predicted octanol–water partition coefficient (Wildman–Crippen LogP) is 4.60. The summed E-state index contributed by atoms with van der Waals surface area (Å²) in [6, 6.07) is 6.53. The van der Waals surface area contributed by atoms with Crippen molar-refractivity contribution in [1.29, 1.82) is 0 Å². The third-order valence-corrected chi connectivity index (χ3v) is 6.71. The lowest BCUT2D eigenvalue weighted by Gasteiger charge is -2.45. The third-order valence-electron chi connectivity index (χ3n) is 6.71. The Kier molecular flexibility index (Phi) is 5.81.